The molecule has 0 radical (unpaired) electrons. The van der Waals surface area contributed by atoms with E-state index in [9.17, 15) is 0 Å². The third-order valence-corrected chi connectivity index (χ3v) is 7.03. The molecular weight excluding hydrogens is 348 g/mol. The van der Waals surface area contributed by atoms with Crippen LogP contribution in [0.2, 0.25) is 0 Å². The summed E-state index contributed by atoms with van der Waals surface area (Å²) in [4.78, 5) is 7.02. The first-order chi connectivity index (χ1) is 13.0. The molecular formula is C24H26N2S. The second kappa shape index (κ2) is 6.97. The number of hydrogen-bond donors (Lipinski definition) is 0. The Bertz CT molecular complexity index is 1120. The molecule has 3 heteroatoms. The van der Waals surface area contributed by atoms with E-state index < -0.39 is 0 Å². The van der Waals surface area contributed by atoms with Crippen molar-refractivity contribution < 1.29 is 0 Å². The first-order valence-electron chi connectivity index (χ1n) is 9.59. The molecule has 0 amide bonds. The predicted molar refractivity (Wildman–Crippen MR) is 120 cm³/mol. The number of anilines is 1. The van der Waals surface area contributed by atoms with Crippen molar-refractivity contribution in [1.82, 2.24) is 4.98 Å². The Balaban J connectivity index is 2.01. The van der Waals surface area contributed by atoms with Gasteiger partial charge in [0, 0.05) is 31.2 Å². The van der Waals surface area contributed by atoms with Crippen LogP contribution in [0, 0.1) is 6.92 Å². The quantitative estimate of drug-likeness (QED) is 0.382. The van der Waals surface area contributed by atoms with Crippen LogP contribution in [0.5, 0.6) is 0 Å². The lowest BCUT2D eigenvalue weighted by molar-refractivity contribution is 0.740. The van der Waals surface area contributed by atoms with Crippen LogP contribution in [0.3, 0.4) is 0 Å². The molecule has 1 atom stereocenters. The molecule has 0 aliphatic heterocycles. The summed E-state index contributed by atoms with van der Waals surface area (Å²) in [6, 6.07) is 15.5. The van der Waals surface area contributed by atoms with Crippen LogP contribution in [0.15, 0.2) is 48.7 Å². The highest BCUT2D eigenvalue weighted by Gasteiger charge is 2.17. The molecule has 138 valence electrons. The van der Waals surface area contributed by atoms with Gasteiger partial charge in [-0.1, -0.05) is 38.1 Å². The maximum atomic E-state index is 4.82. The average Bonchev–Trinajstić information content (AvgIpc) is 3.03. The molecule has 0 saturated heterocycles. The van der Waals surface area contributed by atoms with E-state index in [0.717, 1.165) is 12.1 Å². The molecule has 2 heterocycles. The van der Waals surface area contributed by atoms with E-state index in [-0.39, 0.29) is 0 Å². The Morgan fingerprint density at radius 1 is 1.07 bits per heavy atom. The number of nitrogens with zero attached hydrogens (tertiary/aromatic N) is 2. The number of aryl methyl sites for hydroxylation is 1. The Labute approximate surface area is 165 Å². The minimum Gasteiger partial charge on any atom is -0.369 e. The zero-order valence-corrected chi connectivity index (χ0v) is 17.5. The number of hydrogen-bond acceptors (Lipinski definition) is 3. The summed E-state index contributed by atoms with van der Waals surface area (Å²) in [6.07, 6.45) is 3.09. The van der Waals surface area contributed by atoms with Gasteiger partial charge in [0.2, 0.25) is 0 Å². The van der Waals surface area contributed by atoms with E-state index in [1.807, 2.05) is 17.5 Å². The van der Waals surface area contributed by atoms with Crippen molar-refractivity contribution in [3.63, 3.8) is 0 Å². The van der Waals surface area contributed by atoms with E-state index in [1.54, 1.807) is 0 Å². The van der Waals surface area contributed by atoms with Crippen molar-refractivity contribution in [1.29, 1.82) is 0 Å². The molecule has 27 heavy (non-hydrogen) atoms. The second-order valence-corrected chi connectivity index (χ2v) is 8.56. The van der Waals surface area contributed by atoms with Crippen molar-refractivity contribution in [2.24, 2.45) is 0 Å². The molecule has 2 aromatic carbocycles. The number of pyridine rings is 1. The van der Waals surface area contributed by atoms with E-state index in [0.29, 0.717) is 5.92 Å². The highest BCUT2D eigenvalue weighted by molar-refractivity contribution is 7.23. The first-order valence-corrected chi connectivity index (χ1v) is 10.4. The van der Waals surface area contributed by atoms with Gasteiger partial charge in [-0.2, -0.15) is 0 Å². The van der Waals surface area contributed by atoms with E-state index >= 15 is 0 Å². The van der Waals surface area contributed by atoms with E-state index in [2.05, 4.69) is 82.2 Å². The molecule has 0 aliphatic rings. The standard InChI is InChI=1S/C24H26N2S/c1-6-15(2)21-14-18(13-17-9-7-8-10-20(17)21)22-23-19(11-12-25-22)16(3)24(27-23)26(4)5/h7-15H,6H2,1-5H3. The average molecular weight is 375 g/mol. The molecule has 0 spiro atoms. The Hall–Kier alpha value is -2.39. The van der Waals surface area contributed by atoms with E-state index in [1.165, 1.54) is 42.6 Å². The van der Waals surface area contributed by atoms with Crippen LogP contribution < -0.4 is 4.90 Å². The largest absolute Gasteiger partial charge is 0.369 e. The van der Waals surface area contributed by atoms with Crippen LogP contribution >= 0.6 is 11.3 Å². The maximum Gasteiger partial charge on any atom is 0.0946 e. The van der Waals surface area contributed by atoms with Gasteiger partial charge < -0.3 is 4.90 Å². The molecule has 0 bridgehead atoms. The first kappa shape index (κ1) is 18.0. The Morgan fingerprint density at radius 2 is 1.85 bits per heavy atom. The number of rotatable bonds is 4. The molecule has 0 N–H and O–H groups in total. The van der Waals surface area contributed by atoms with Gasteiger partial charge in [-0.3, -0.25) is 4.98 Å². The van der Waals surface area contributed by atoms with Gasteiger partial charge in [0.15, 0.2) is 0 Å². The summed E-state index contributed by atoms with van der Waals surface area (Å²) in [7, 11) is 4.23. The fourth-order valence-electron chi connectivity index (χ4n) is 3.87. The molecule has 2 aromatic heterocycles. The summed E-state index contributed by atoms with van der Waals surface area (Å²) in [6.45, 7) is 6.79. The van der Waals surface area contributed by atoms with Crippen LogP contribution in [0.1, 0.15) is 37.3 Å². The van der Waals surface area contributed by atoms with Crippen LogP contribution in [-0.4, -0.2) is 19.1 Å². The van der Waals surface area contributed by atoms with Crippen molar-refractivity contribution >= 4 is 37.2 Å². The lowest BCUT2D eigenvalue weighted by Gasteiger charge is -2.15. The number of aromatic nitrogens is 1. The molecule has 1 unspecified atom stereocenters. The maximum absolute atomic E-state index is 4.82. The van der Waals surface area contributed by atoms with Crippen LogP contribution in [0.4, 0.5) is 5.00 Å². The summed E-state index contributed by atoms with van der Waals surface area (Å²) in [5, 5.41) is 5.28. The monoisotopic (exact) mass is 374 g/mol. The molecule has 0 saturated carbocycles. The van der Waals surface area contributed by atoms with Crippen molar-refractivity contribution in [2.45, 2.75) is 33.1 Å². The minimum absolute atomic E-state index is 0.525. The Kier molecular flexibility index (Phi) is 4.65. The predicted octanol–water partition coefficient (Wildman–Crippen LogP) is 7.00. The topological polar surface area (TPSA) is 16.1 Å². The van der Waals surface area contributed by atoms with Gasteiger partial charge in [-0.15, -0.1) is 11.3 Å². The fourth-order valence-corrected chi connectivity index (χ4v) is 5.11. The zero-order valence-electron chi connectivity index (χ0n) is 16.7. The van der Waals surface area contributed by atoms with Crippen molar-refractivity contribution in [3.8, 4) is 11.3 Å². The fraction of sp³-hybridized carbons (Fsp3) is 0.292. The minimum atomic E-state index is 0.525. The second-order valence-electron chi connectivity index (χ2n) is 7.56. The third kappa shape index (κ3) is 3.00. The summed E-state index contributed by atoms with van der Waals surface area (Å²) < 4.78 is 1.28. The highest BCUT2D eigenvalue weighted by Crippen LogP contribution is 2.42. The van der Waals surface area contributed by atoms with E-state index in [4.69, 9.17) is 4.98 Å². The third-order valence-electron chi connectivity index (χ3n) is 5.54. The zero-order chi connectivity index (χ0) is 19.1. The van der Waals surface area contributed by atoms with Gasteiger partial charge in [0.1, 0.15) is 0 Å². The van der Waals surface area contributed by atoms with Crippen molar-refractivity contribution in [2.75, 3.05) is 19.0 Å². The Morgan fingerprint density at radius 3 is 2.59 bits per heavy atom. The highest BCUT2D eigenvalue weighted by atomic mass is 32.1. The molecule has 4 rings (SSSR count). The van der Waals surface area contributed by atoms with Gasteiger partial charge in [-0.05, 0) is 59.4 Å². The molecule has 0 fully saturated rings. The van der Waals surface area contributed by atoms with Crippen molar-refractivity contribution in [3.05, 3.63) is 59.8 Å². The molecule has 0 aliphatic carbocycles. The summed E-state index contributed by atoms with van der Waals surface area (Å²) in [5.74, 6) is 0.525. The van der Waals surface area contributed by atoms with Crippen LogP contribution in [-0.2, 0) is 0 Å². The van der Waals surface area contributed by atoms with Crippen LogP contribution in [0.25, 0.3) is 32.1 Å². The van der Waals surface area contributed by atoms with Gasteiger partial charge in [-0.25, -0.2) is 0 Å². The number of fused-ring (bicyclic) bond motifs is 2. The molecule has 2 nitrogen and oxygen atoms in total. The number of benzene rings is 2. The normalized spacial score (nSPS) is 12.6. The lowest BCUT2D eigenvalue weighted by Crippen LogP contribution is -2.07. The number of thiophene rings is 1. The van der Waals surface area contributed by atoms with Gasteiger partial charge in [0.05, 0.1) is 15.4 Å². The summed E-state index contributed by atoms with van der Waals surface area (Å²) >= 11 is 1.84. The van der Waals surface area contributed by atoms with Gasteiger partial charge >= 0.3 is 0 Å². The molecule has 4 aromatic rings. The lowest BCUT2D eigenvalue weighted by atomic mass is 9.90. The summed E-state index contributed by atoms with van der Waals surface area (Å²) in [5.41, 5.74) is 5.09. The van der Waals surface area contributed by atoms with Gasteiger partial charge in [0.25, 0.3) is 0 Å². The smallest absolute Gasteiger partial charge is 0.0946 e. The SMILES string of the molecule is CCC(C)c1cc(-c2nccc3c(C)c(N(C)C)sc23)cc2ccccc12.